The minimum Gasteiger partial charge on any atom is -0.469 e. The van der Waals surface area contributed by atoms with Gasteiger partial charge in [-0.25, -0.2) is 0 Å². The molecule has 0 spiro atoms. The number of carbonyl (C=O) groups is 1. The predicted molar refractivity (Wildman–Crippen MR) is 75.0 cm³/mol. The number of rotatable bonds is 7. The Morgan fingerprint density at radius 1 is 1.37 bits per heavy atom. The Morgan fingerprint density at radius 2 is 2.00 bits per heavy atom. The summed E-state index contributed by atoms with van der Waals surface area (Å²) in [5, 5.41) is 12.9. The lowest BCUT2D eigenvalue weighted by atomic mass is 9.84. The normalized spacial score (nSPS) is 13.1. The SMILES string of the molecule is COC(=O)CC(O)CNCC(C)(C)c1ccccc1. The first-order valence-electron chi connectivity index (χ1n) is 6.47. The van der Waals surface area contributed by atoms with Gasteiger partial charge < -0.3 is 15.2 Å². The van der Waals surface area contributed by atoms with Gasteiger partial charge in [-0.15, -0.1) is 0 Å². The molecule has 0 amide bonds. The molecule has 0 aliphatic carbocycles. The molecule has 0 saturated heterocycles. The van der Waals surface area contributed by atoms with Gasteiger partial charge in [0.05, 0.1) is 19.6 Å². The van der Waals surface area contributed by atoms with Gasteiger partial charge in [-0.05, 0) is 5.56 Å². The van der Waals surface area contributed by atoms with Gasteiger partial charge in [0.25, 0.3) is 0 Å². The molecule has 2 N–H and O–H groups in total. The number of aliphatic hydroxyl groups excluding tert-OH is 1. The Kier molecular flexibility index (Phi) is 5.99. The number of carbonyl (C=O) groups excluding carboxylic acids is 1. The van der Waals surface area contributed by atoms with Crippen molar-refractivity contribution < 1.29 is 14.6 Å². The lowest BCUT2D eigenvalue weighted by Gasteiger charge is -2.26. The first kappa shape index (κ1) is 15.7. The average molecular weight is 265 g/mol. The van der Waals surface area contributed by atoms with Crippen molar-refractivity contribution in [1.82, 2.24) is 5.32 Å². The van der Waals surface area contributed by atoms with E-state index in [4.69, 9.17) is 0 Å². The quantitative estimate of drug-likeness (QED) is 0.733. The third-order valence-electron chi connectivity index (χ3n) is 3.13. The smallest absolute Gasteiger partial charge is 0.308 e. The highest BCUT2D eigenvalue weighted by atomic mass is 16.5. The standard InChI is InChI=1S/C15H23NO3/c1-15(2,12-7-5-4-6-8-12)11-16-10-13(17)9-14(18)19-3/h4-8,13,16-17H,9-11H2,1-3H3. The van der Waals surface area contributed by atoms with Crippen LogP contribution in [0.25, 0.3) is 0 Å². The van der Waals surface area contributed by atoms with Crippen molar-refractivity contribution in [2.24, 2.45) is 0 Å². The van der Waals surface area contributed by atoms with Crippen LogP contribution in [0.4, 0.5) is 0 Å². The molecule has 106 valence electrons. The van der Waals surface area contributed by atoms with E-state index in [-0.39, 0.29) is 11.8 Å². The molecule has 0 saturated carbocycles. The van der Waals surface area contributed by atoms with E-state index in [1.807, 2.05) is 18.2 Å². The molecule has 19 heavy (non-hydrogen) atoms. The van der Waals surface area contributed by atoms with Crippen LogP contribution in [0, 0.1) is 0 Å². The van der Waals surface area contributed by atoms with Crippen LogP contribution in [0.15, 0.2) is 30.3 Å². The maximum atomic E-state index is 11.0. The summed E-state index contributed by atoms with van der Waals surface area (Å²) in [7, 11) is 1.32. The van der Waals surface area contributed by atoms with Crippen LogP contribution in [0.2, 0.25) is 0 Å². The summed E-state index contributed by atoms with van der Waals surface area (Å²) in [6.07, 6.45) is -0.686. The number of nitrogens with one attached hydrogen (secondary N) is 1. The molecule has 1 unspecified atom stereocenters. The Morgan fingerprint density at radius 3 is 2.58 bits per heavy atom. The second-order valence-corrected chi connectivity index (χ2v) is 5.31. The van der Waals surface area contributed by atoms with Crippen molar-refractivity contribution in [3.63, 3.8) is 0 Å². The topological polar surface area (TPSA) is 58.6 Å². The fraction of sp³-hybridized carbons (Fsp3) is 0.533. The van der Waals surface area contributed by atoms with Crippen LogP contribution in [0.3, 0.4) is 0 Å². The van der Waals surface area contributed by atoms with Crippen molar-refractivity contribution in [3.05, 3.63) is 35.9 Å². The van der Waals surface area contributed by atoms with Crippen LogP contribution in [-0.2, 0) is 14.9 Å². The van der Waals surface area contributed by atoms with Crippen molar-refractivity contribution >= 4 is 5.97 Å². The second kappa shape index (κ2) is 7.26. The molecule has 0 fully saturated rings. The molecule has 0 radical (unpaired) electrons. The van der Waals surface area contributed by atoms with Crippen LogP contribution in [0.1, 0.15) is 25.8 Å². The summed E-state index contributed by atoms with van der Waals surface area (Å²) in [6, 6.07) is 10.2. The molecule has 0 heterocycles. The van der Waals surface area contributed by atoms with E-state index in [0.717, 1.165) is 6.54 Å². The van der Waals surface area contributed by atoms with Gasteiger partial charge in [-0.1, -0.05) is 44.2 Å². The Hall–Kier alpha value is -1.39. The number of ether oxygens (including phenoxy) is 1. The first-order valence-corrected chi connectivity index (χ1v) is 6.47. The summed E-state index contributed by atoms with van der Waals surface area (Å²) in [5.41, 5.74) is 1.22. The fourth-order valence-corrected chi connectivity index (χ4v) is 1.89. The Bertz CT molecular complexity index is 390. The number of benzene rings is 1. The number of hydrogen-bond donors (Lipinski definition) is 2. The zero-order valence-corrected chi connectivity index (χ0v) is 11.8. The van der Waals surface area contributed by atoms with E-state index in [2.05, 4.69) is 36.0 Å². The number of hydrogen-bond acceptors (Lipinski definition) is 4. The number of aliphatic hydroxyl groups is 1. The highest BCUT2D eigenvalue weighted by Gasteiger charge is 2.20. The average Bonchev–Trinajstić information content (AvgIpc) is 2.39. The largest absolute Gasteiger partial charge is 0.469 e. The lowest BCUT2D eigenvalue weighted by Crippen LogP contribution is -2.37. The van der Waals surface area contributed by atoms with Gasteiger partial charge >= 0.3 is 5.97 Å². The van der Waals surface area contributed by atoms with E-state index in [9.17, 15) is 9.90 Å². The van der Waals surface area contributed by atoms with Crippen molar-refractivity contribution in [3.8, 4) is 0 Å². The Balaban J connectivity index is 2.38. The van der Waals surface area contributed by atoms with E-state index in [1.165, 1.54) is 12.7 Å². The molecule has 0 aliphatic heterocycles. The van der Waals surface area contributed by atoms with Crippen LogP contribution in [0.5, 0.6) is 0 Å². The zero-order valence-electron chi connectivity index (χ0n) is 11.8. The highest BCUT2D eigenvalue weighted by Crippen LogP contribution is 2.21. The van der Waals surface area contributed by atoms with Gasteiger partial charge in [-0.2, -0.15) is 0 Å². The molecular weight excluding hydrogens is 242 g/mol. The van der Waals surface area contributed by atoms with Gasteiger partial charge in [0.2, 0.25) is 0 Å². The van der Waals surface area contributed by atoms with E-state index in [1.54, 1.807) is 0 Å². The third kappa shape index (κ3) is 5.41. The van der Waals surface area contributed by atoms with Gasteiger partial charge in [-0.3, -0.25) is 4.79 Å². The lowest BCUT2D eigenvalue weighted by molar-refractivity contribution is -0.142. The molecular formula is C15H23NO3. The third-order valence-corrected chi connectivity index (χ3v) is 3.13. The first-order chi connectivity index (χ1) is 8.95. The Labute approximate surface area is 114 Å². The zero-order chi connectivity index (χ0) is 14.3. The molecule has 1 aromatic carbocycles. The minimum atomic E-state index is -0.709. The van der Waals surface area contributed by atoms with Crippen molar-refractivity contribution in [2.45, 2.75) is 31.8 Å². The summed E-state index contributed by atoms with van der Waals surface area (Å²) >= 11 is 0. The molecule has 1 atom stereocenters. The van der Waals surface area contributed by atoms with Gasteiger partial charge in [0.15, 0.2) is 0 Å². The summed E-state index contributed by atoms with van der Waals surface area (Å²) < 4.78 is 4.51. The molecule has 1 aromatic rings. The minimum absolute atomic E-state index is 0.0216. The maximum absolute atomic E-state index is 11.0. The molecule has 0 aromatic heterocycles. The van der Waals surface area contributed by atoms with Crippen molar-refractivity contribution in [1.29, 1.82) is 0 Å². The molecule has 0 aliphatic rings. The van der Waals surface area contributed by atoms with E-state index >= 15 is 0 Å². The molecule has 1 rings (SSSR count). The monoisotopic (exact) mass is 265 g/mol. The summed E-state index contributed by atoms with van der Waals surface area (Å²) in [5.74, 6) is -0.392. The highest BCUT2D eigenvalue weighted by molar-refractivity contribution is 5.69. The number of methoxy groups -OCH3 is 1. The molecule has 0 bridgehead atoms. The number of esters is 1. The van der Waals surface area contributed by atoms with E-state index < -0.39 is 12.1 Å². The van der Waals surface area contributed by atoms with Gasteiger partial charge in [0, 0.05) is 18.5 Å². The fourth-order valence-electron chi connectivity index (χ4n) is 1.89. The predicted octanol–water partition coefficient (Wildman–Crippen LogP) is 1.48. The molecule has 4 nitrogen and oxygen atoms in total. The van der Waals surface area contributed by atoms with Crippen molar-refractivity contribution in [2.75, 3.05) is 20.2 Å². The maximum Gasteiger partial charge on any atom is 0.308 e. The van der Waals surface area contributed by atoms with E-state index in [0.29, 0.717) is 6.54 Å². The van der Waals surface area contributed by atoms with Crippen LogP contribution in [-0.4, -0.2) is 37.4 Å². The van der Waals surface area contributed by atoms with Crippen LogP contribution < -0.4 is 5.32 Å². The second-order valence-electron chi connectivity index (χ2n) is 5.31. The van der Waals surface area contributed by atoms with Crippen LogP contribution >= 0.6 is 0 Å². The summed E-state index contributed by atoms with van der Waals surface area (Å²) in [4.78, 5) is 11.0. The molecule has 4 heteroatoms. The summed E-state index contributed by atoms with van der Waals surface area (Å²) in [6.45, 7) is 5.39. The van der Waals surface area contributed by atoms with Gasteiger partial charge in [0.1, 0.15) is 0 Å².